The summed E-state index contributed by atoms with van der Waals surface area (Å²) in [5, 5.41) is 6.23. The van der Waals surface area contributed by atoms with Gasteiger partial charge in [0.2, 0.25) is 5.91 Å². The number of rotatable bonds is 3. The Kier molecular flexibility index (Phi) is 3.93. The summed E-state index contributed by atoms with van der Waals surface area (Å²) in [6.45, 7) is 6.46. The lowest BCUT2D eigenvalue weighted by Gasteiger charge is -2.21. The number of amides is 1. The van der Waals surface area contributed by atoms with Crippen LogP contribution >= 0.6 is 0 Å². The van der Waals surface area contributed by atoms with Crippen LogP contribution < -0.4 is 10.6 Å². The van der Waals surface area contributed by atoms with Gasteiger partial charge < -0.3 is 10.6 Å². The predicted octanol–water partition coefficient (Wildman–Crippen LogP) is 1.43. The fourth-order valence-electron chi connectivity index (χ4n) is 1.83. The summed E-state index contributed by atoms with van der Waals surface area (Å²) in [6, 6.07) is 0.570. The molecule has 0 unspecified atom stereocenters. The quantitative estimate of drug-likeness (QED) is 0.720. The van der Waals surface area contributed by atoms with Gasteiger partial charge in [-0.2, -0.15) is 0 Å². The minimum atomic E-state index is -0.117. The molecule has 1 amide bonds. The first-order chi connectivity index (χ1) is 6.47. The lowest BCUT2D eigenvalue weighted by Crippen LogP contribution is -2.46. The van der Waals surface area contributed by atoms with E-state index < -0.39 is 0 Å². The van der Waals surface area contributed by atoms with Crippen molar-refractivity contribution >= 4 is 5.91 Å². The van der Waals surface area contributed by atoms with Crippen molar-refractivity contribution in [2.75, 3.05) is 6.54 Å². The molecule has 1 aliphatic rings. The minimum absolute atomic E-state index is 0.101. The number of hydrogen-bond acceptors (Lipinski definition) is 2. The molecule has 3 nitrogen and oxygen atoms in total. The highest BCUT2D eigenvalue weighted by atomic mass is 16.2. The maximum Gasteiger partial charge on any atom is 0.234 e. The van der Waals surface area contributed by atoms with Gasteiger partial charge in [-0.3, -0.25) is 4.79 Å². The van der Waals surface area contributed by atoms with Crippen molar-refractivity contribution in [1.29, 1.82) is 0 Å². The summed E-state index contributed by atoms with van der Waals surface area (Å²) < 4.78 is 0. The smallest absolute Gasteiger partial charge is 0.234 e. The number of hydrogen-bond donors (Lipinski definition) is 2. The first kappa shape index (κ1) is 11.5. The van der Waals surface area contributed by atoms with Crippen molar-refractivity contribution in [2.45, 2.75) is 58.0 Å². The average Bonchev–Trinajstić information content (AvgIpc) is 2.49. The normalized spacial score (nSPS) is 18.5. The van der Waals surface area contributed by atoms with Gasteiger partial charge in [0.05, 0.1) is 6.54 Å². The van der Waals surface area contributed by atoms with E-state index in [-0.39, 0.29) is 11.4 Å². The molecule has 0 saturated heterocycles. The second-order valence-corrected chi connectivity index (χ2v) is 5.16. The van der Waals surface area contributed by atoms with Crippen LogP contribution in [0, 0.1) is 0 Å². The summed E-state index contributed by atoms with van der Waals surface area (Å²) in [4.78, 5) is 11.4. The molecule has 0 spiro atoms. The van der Waals surface area contributed by atoms with Crippen LogP contribution in [0.2, 0.25) is 0 Å². The van der Waals surface area contributed by atoms with Crippen molar-refractivity contribution in [3.8, 4) is 0 Å². The molecule has 1 aliphatic carbocycles. The van der Waals surface area contributed by atoms with E-state index in [2.05, 4.69) is 10.6 Å². The summed E-state index contributed by atoms with van der Waals surface area (Å²) in [5.74, 6) is 0.101. The average molecular weight is 198 g/mol. The molecule has 0 aliphatic heterocycles. The molecule has 0 aromatic rings. The van der Waals surface area contributed by atoms with Gasteiger partial charge in [-0.25, -0.2) is 0 Å². The summed E-state index contributed by atoms with van der Waals surface area (Å²) in [5.41, 5.74) is -0.117. The Morgan fingerprint density at radius 2 is 1.86 bits per heavy atom. The predicted molar refractivity (Wildman–Crippen MR) is 58.2 cm³/mol. The lowest BCUT2D eigenvalue weighted by molar-refractivity contribution is -0.121. The molecule has 1 fully saturated rings. The van der Waals surface area contributed by atoms with Gasteiger partial charge >= 0.3 is 0 Å². The van der Waals surface area contributed by atoms with Gasteiger partial charge in [-0.05, 0) is 33.6 Å². The zero-order chi connectivity index (χ0) is 10.6. The lowest BCUT2D eigenvalue weighted by atomic mass is 10.1. The maximum absolute atomic E-state index is 11.4. The van der Waals surface area contributed by atoms with Crippen LogP contribution in [0.3, 0.4) is 0 Å². The molecular weight excluding hydrogens is 176 g/mol. The molecule has 0 heterocycles. The van der Waals surface area contributed by atoms with E-state index in [1.54, 1.807) is 0 Å². The number of carbonyl (C=O) groups excluding carboxylic acids is 1. The first-order valence-electron chi connectivity index (χ1n) is 5.52. The van der Waals surface area contributed by atoms with E-state index in [4.69, 9.17) is 0 Å². The minimum Gasteiger partial charge on any atom is -0.350 e. The molecule has 0 aromatic carbocycles. The van der Waals surface area contributed by atoms with Crippen molar-refractivity contribution in [3.63, 3.8) is 0 Å². The molecule has 1 saturated carbocycles. The van der Waals surface area contributed by atoms with Gasteiger partial charge in [0.25, 0.3) is 0 Å². The summed E-state index contributed by atoms with van der Waals surface area (Å²) >= 11 is 0. The molecule has 0 bridgehead atoms. The van der Waals surface area contributed by atoms with Gasteiger partial charge in [-0.15, -0.1) is 0 Å². The molecule has 14 heavy (non-hydrogen) atoms. The Hall–Kier alpha value is -0.570. The van der Waals surface area contributed by atoms with Crippen molar-refractivity contribution < 1.29 is 4.79 Å². The van der Waals surface area contributed by atoms with Crippen LogP contribution in [0.1, 0.15) is 46.5 Å². The first-order valence-corrected chi connectivity index (χ1v) is 5.52. The SMILES string of the molecule is CC(C)(C)NC(=O)CNC1CCCC1. The second-order valence-electron chi connectivity index (χ2n) is 5.16. The molecule has 0 radical (unpaired) electrons. The van der Waals surface area contributed by atoms with Crippen LogP contribution in [-0.2, 0) is 4.79 Å². The molecule has 2 N–H and O–H groups in total. The van der Waals surface area contributed by atoms with E-state index in [0.29, 0.717) is 12.6 Å². The van der Waals surface area contributed by atoms with E-state index in [0.717, 1.165) is 0 Å². The van der Waals surface area contributed by atoms with Crippen molar-refractivity contribution in [3.05, 3.63) is 0 Å². The Morgan fingerprint density at radius 3 is 2.36 bits per heavy atom. The molecule has 0 aromatic heterocycles. The molecule has 1 rings (SSSR count). The monoisotopic (exact) mass is 198 g/mol. The Morgan fingerprint density at radius 1 is 1.29 bits per heavy atom. The maximum atomic E-state index is 11.4. The van der Waals surface area contributed by atoms with Gasteiger partial charge in [0.1, 0.15) is 0 Å². The number of nitrogens with one attached hydrogen (secondary N) is 2. The summed E-state index contributed by atoms with van der Waals surface area (Å²) in [6.07, 6.45) is 5.06. The standard InChI is InChI=1S/C11H22N2O/c1-11(2,3)13-10(14)8-12-9-6-4-5-7-9/h9,12H,4-8H2,1-3H3,(H,13,14). The Balaban J connectivity index is 2.14. The van der Waals surface area contributed by atoms with E-state index in [1.807, 2.05) is 20.8 Å². The fourth-order valence-corrected chi connectivity index (χ4v) is 1.83. The zero-order valence-corrected chi connectivity index (χ0v) is 9.52. The molecular formula is C11H22N2O. The van der Waals surface area contributed by atoms with Crippen molar-refractivity contribution in [1.82, 2.24) is 10.6 Å². The molecule has 3 heteroatoms. The van der Waals surface area contributed by atoms with E-state index in [1.165, 1.54) is 25.7 Å². The van der Waals surface area contributed by atoms with Crippen LogP contribution in [0.4, 0.5) is 0 Å². The zero-order valence-electron chi connectivity index (χ0n) is 9.52. The Labute approximate surface area is 86.6 Å². The van der Waals surface area contributed by atoms with Gasteiger partial charge in [-0.1, -0.05) is 12.8 Å². The van der Waals surface area contributed by atoms with Gasteiger partial charge in [0.15, 0.2) is 0 Å². The highest BCUT2D eigenvalue weighted by molar-refractivity contribution is 5.78. The van der Waals surface area contributed by atoms with Crippen LogP contribution in [-0.4, -0.2) is 24.0 Å². The topological polar surface area (TPSA) is 41.1 Å². The van der Waals surface area contributed by atoms with Crippen LogP contribution in [0.25, 0.3) is 0 Å². The van der Waals surface area contributed by atoms with E-state index >= 15 is 0 Å². The third-order valence-corrected chi connectivity index (χ3v) is 2.42. The number of carbonyl (C=O) groups is 1. The van der Waals surface area contributed by atoms with Crippen LogP contribution in [0.15, 0.2) is 0 Å². The largest absolute Gasteiger partial charge is 0.350 e. The third kappa shape index (κ3) is 4.61. The van der Waals surface area contributed by atoms with Crippen molar-refractivity contribution in [2.24, 2.45) is 0 Å². The fraction of sp³-hybridized carbons (Fsp3) is 0.909. The summed E-state index contributed by atoms with van der Waals surface area (Å²) in [7, 11) is 0. The molecule has 0 atom stereocenters. The highest BCUT2D eigenvalue weighted by Crippen LogP contribution is 2.17. The highest BCUT2D eigenvalue weighted by Gasteiger charge is 2.17. The van der Waals surface area contributed by atoms with Gasteiger partial charge in [0, 0.05) is 11.6 Å². The molecule has 82 valence electrons. The Bertz CT molecular complexity index is 190. The van der Waals surface area contributed by atoms with E-state index in [9.17, 15) is 4.79 Å². The third-order valence-electron chi connectivity index (χ3n) is 2.42. The second kappa shape index (κ2) is 4.78. The van der Waals surface area contributed by atoms with Crippen LogP contribution in [0.5, 0.6) is 0 Å².